The first-order valence-corrected chi connectivity index (χ1v) is 10.8. The third-order valence-electron chi connectivity index (χ3n) is 6.80. The fourth-order valence-corrected chi connectivity index (χ4v) is 5.27. The van der Waals surface area contributed by atoms with Crippen molar-refractivity contribution in [2.24, 2.45) is 5.41 Å². The molecule has 0 unspecified atom stereocenters. The molecule has 0 radical (unpaired) electrons. The number of nitrogens with zero attached hydrogens (tertiary/aromatic N) is 1. The van der Waals surface area contributed by atoms with Crippen LogP contribution in [0.1, 0.15) is 38.5 Å². The highest BCUT2D eigenvalue weighted by Crippen LogP contribution is 2.43. The van der Waals surface area contributed by atoms with Crippen molar-refractivity contribution in [2.45, 2.75) is 45.1 Å². The third kappa shape index (κ3) is 3.27. The van der Waals surface area contributed by atoms with Crippen molar-refractivity contribution < 1.29 is 4.79 Å². The van der Waals surface area contributed by atoms with Crippen LogP contribution < -0.4 is 0 Å². The van der Waals surface area contributed by atoms with E-state index < -0.39 is 0 Å². The van der Waals surface area contributed by atoms with E-state index in [1.165, 1.54) is 52.2 Å². The molecule has 1 aliphatic rings. The molecular formula is C27H27NO. The van der Waals surface area contributed by atoms with E-state index >= 15 is 0 Å². The second-order valence-electron chi connectivity index (χ2n) is 8.63. The Hall–Kier alpha value is -2.87. The minimum Gasteiger partial charge on any atom is -0.340 e. The normalized spacial score (nSPS) is 16.3. The Morgan fingerprint density at radius 3 is 2.38 bits per heavy atom. The smallest absolute Gasteiger partial charge is 0.120 e. The van der Waals surface area contributed by atoms with Crippen LogP contribution in [-0.2, 0) is 11.3 Å². The highest BCUT2D eigenvalue weighted by Gasteiger charge is 2.33. The van der Waals surface area contributed by atoms with Gasteiger partial charge < -0.3 is 9.36 Å². The van der Waals surface area contributed by atoms with Crippen molar-refractivity contribution in [1.82, 2.24) is 4.57 Å². The molecule has 0 N–H and O–H groups in total. The highest BCUT2D eigenvalue weighted by molar-refractivity contribution is 6.08. The van der Waals surface area contributed by atoms with Gasteiger partial charge >= 0.3 is 0 Å². The second kappa shape index (κ2) is 7.51. The Kier molecular flexibility index (Phi) is 4.71. The molecule has 0 atom stereocenters. The zero-order valence-electron chi connectivity index (χ0n) is 16.8. The molecule has 0 saturated heterocycles. The lowest BCUT2D eigenvalue weighted by atomic mass is 9.72. The van der Waals surface area contributed by atoms with Crippen LogP contribution in [0.15, 0.2) is 72.8 Å². The van der Waals surface area contributed by atoms with Gasteiger partial charge in [0.05, 0.1) is 0 Å². The molecule has 0 aliphatic heterocycles. The maximum absolute atomic E-state index is 11.6. The van der Waals surface area contributed by atoms with Gasteiger partial charge in [-0.15, -0.1) is 0 Å². The number of benzene rings is 3. The molecule has 29 heavy (non-hydrogen) atoms. The lowest BCUT2D eigenvalue weighted by Gasteiger charge is -2.37. The Labute approximate surface area is 172 Å². The Bertz CT molecular complexity index is 1150. The van der Waals surface area contributed by atoms with E-state index in [4.69, 9.17) is 0 Å². The molecule has 5 rings (SSSR count). The van der Waals surface area contributed by atoms with Crippen molar-refractivity contribution >= 4 is 28.0 Å². The number of hydrogen-bond acceptors (Lipinski definition) is 1. The van der Waals surface area contributed by atoms with Gasteiger partial charge in [-0.2, -0.15) is 0 Å². The average molecular weight is 382 g/mol. The summed E-state index contributed by atoms with van der Waals surface area (Å²) in [6, 6.07) is 26.2. The maximum atomic E-state index is 11.6. The monoisotopic (exact) mass is 381 g/mol. The minimum atomic E-state index is 0.0844. The van der Waals surface area contributed by atoms with Crippen LogP contribution in [0.25, 0.3) is 32.9 Å². The molecule has 1 saturated carbocycles. The largest absolute Gasteiger partial charge is 0.340 e. The molecule has 0 spiro atoms. The van der Waals surface area contributed by atoms with Crippen LogP contribution in [0.4, 0.5) is 0 Å². The van der Waals surface area contributed by atoms with Crippen LogP contribution in [-0.4, -0.2) is 10.9 Å². The number of aldehydes is 1. The topological polar surface area (TPSA) is 22.0 Å². The van der Waals surface area contributed by atoms with Gasteiger partial charge in [0.25, 0.3) is 0 Å². The lowest BCUT2D eigenvalue weighted by Crippen LogP contribution is -2.30. The van der Waals surface area contributed by atoms with Gasteiger partial charge in [-0.25, -0.2) is 0 Å². The predicted octanol–water partition coefficient (Wildman–Crippen LogP) is 7.00. The van der Waals surface area contributed by atoms with Gasteiger partial charge in [0, 0.05) is 29.6 Å². The van der Waals surface area contributed by atoms with E-state index in [1.807, 2.05) is 0 Å². The van der Waals surface area contributed by atoms with E-state index in [1.54, 1.807) is 0 Å². The summed E-state index contributed by atoms with van der Waals surface area (Å²) >= 11 is 0. The quantitative estimate of drug-likeness (QED) is 0.341. The molecule has 1 aromatic heterocycles. The number of rotatable bonds is 5. The van der Waals surface area contributed by atoms with E-state index in [-0.39, 0.29) is 5.41 Å². The Morgan fingerprint density at radius 2 is 1.59 bits per heavy atom. The van der Waals surface area contributed by atoms with Crippen LogP contribution in [0, 0.1) is 5.41 Å². The van der Waals surface area contributed by atoms with E-state index in [9.17, 15) is 4.79 Å². The fourth-order valence-electron chi connectivity index (χ4n) is 5.27. The van der Waals surface area contributed by atoms with E-state index in [0.717, 1.165) is 25.7 Å². The lowest BCUT2D eigenvalue weighted by molar-refractivity contribution is -0.110. The van der Waals surface area contributed by atoms with Gasteiger partial charge in [0.2, 0.25) is 0 Å². The summed E-state index contributed by atoms with van der Waals surface area (Å²) in [5.74, 6) is 0. The summed E-state index contributed by atoms with van der Waals surface area (Å²) in [5.41, 5.74) is 3.86. The molecule has 2 nitrogen and oxygen atoms in total. The molecule has 4 aromatic rings. The number of carbonyl (C=O) groups excluding carboxylic acids is 1. The first-order chi connectivity index (χ1) is 14.3. The summed E-state index contributed by atoms with van der Waals surface area (Å²) in [7, 11) is 0. The number of hydrogen-bond donors (Lipinski definition) is 0. The molecule has 2 heteroatoms. The summed E-state index contributed by atoms with van der Waals surface area (Å²) in [5, 5.41) is 3.88. The second-order valence-corrected chi connectivity index (χ2v) is 8.63. The molecule has 1 heterocycles. The Morgan fingerprint density at radius 1 is 0.828 bits per heavy atom. The van der Waals surface area contributed by atoms with Crippen molar-refractivity contribution in [3.05, 3.63) is 72.8 Å². The summed E-state index contributed by atoms with van der Waals surface area (Å²) in [6.07, 6.45) is 7.86. The minimum absolute atomic E-state index is 0.0844. The number of carbonyl (C=O) groups is 1. The average Bonchev–Trinajstić information content (AvgIpc) is 3.14. The highest BCUT2D eigenvalue weighted by atomic mass is 16.1. The molecular weight excluding hydrogens is 354 g/mol. The predicted molar refractivity (Wildman–Crippen MR) is 121 cm³/mol. The molecule has 146 valence electrons. The van der Waals surface area contributed by atoms with Crippen LogP contribution >= 0.6 is 0 Å². The van der Waals surface area contributed by atoms with Crippen LogP contribution in [0.2, 0.25) is 0 Å². The van der Waals surface area contributed by atoms with Crippen LogP contribution in [0.3, 0.4) is 0 Å². The molecule has 1 aliphatic carbocycles. The van der Waals surface area contributed by atoms with Crippen LogP contribution in [0.5, 0.6) is 0 Å². The van der Waals surface area contributed by atoms with Gasteiger partial charge in [0.15, 0.2) is 0 Å². The molecule has 0 amide bonds. The number of aromatic nitrogens is 1. The van der Waals surface area contributed by atoms with Crippen molar-refractivity contribution in [3.8, 4) is 11.3 Å². The number of fused-ring (bicyclic) bond motifs is 3. The standard InChI is InChI=1S/C27H27NO/c29-18-17-27(15-7-2-8-16-27)20-28-25-14-13-21-9-5-6-12-23(21)24(25)19-26(28)22-10-3-1-4-11-22/h1,3-6,9-14,18-19H,2,7-8,15-17,20H2. The zero-order valence-corrected chi connectivity index (χ0v) is 16.8. The van der Waals surface area contributed by atoms with Gasteiger partial charge in [-0.3, -0.25) is 0 Å². The molecule has 3 aromatic carbocycles. The summed E-state index contributed by atoms with van der Waals surface area (Å²) in [6.45, 7) is 0.914. The summed E-state index contributed by atoms with van der Waals surface area (Å²) < 4.78 is 2.49. The fraction of sp³-hybridized carbons (Fsp3) is 0.296. The zero-order chi connectivity index (χ0) is 19.7. The maximum Gasteiger partial charge on any atom is 0.120 e. The van der Waals surface area contributed by atoms with E-state index in [2.05, 4.69) is 77.4 Å². The summed E-state index contributed by atoms with van der Waals surface area (Å²) in [4.78, 5) is 11.6. The molecule has 0 bridgehead atoms. The van der Waals surface area contributed by atoms with Gasteiger partial charge in [-0.1, -0.05) is 79.9 Å². The Balaban J connectivity index is 1.73. The van der Waals surface area contributed by atoms with Gasteiger partial charge in [0.1, 0.15) is 6.29 Å². The molecule has 1 fully saturated rings. The van der Waals surface area contributed by atoms with Gasteiger partial charge in [-0.05, 0) is 46.7 Å². The van der Waals surface area contributed by atoms with Crippen molar-refractivity contribution in [1.29, 1.82) is 0 Å². The van der Waals surface area contributed by atoms with Crippen molar-refractivity contribution in [3.63, 3.8) is 0 Å². The first-order valence-electron chi connectivity index (χ1n) is 10.8. The van der Waals surface area contributed by atoms with E-state index in [0.29, 0.717) is 6.42 Å². The third-order valence-corrected chi connectivity index (χ3v) is 6.80. The SMILES string of the molecule is O=CCC1(Cn2c(-c3ccccc3)cc3c4ccccc4ccc32)CCCCC1. The first kappa shape index (κ1) is 18.2. The van der Waals surface area contributed by atoms with Crippen molar-refractivity contribution in [2.75, 3.05) is 0 Å².